The molecule has 110 valence electrons. The second-order valence-electron chi connectivity index (χ2n) is 4.92. The summed E-state index contributed by atoms with van der Waals surface area (Å²) in [4.78, 5) is 11.7. The fraction of sp³-hybridized carbons (Fsp3) is 0.235. The van der Waals surface area contributed by atoms with Crippen molar-refractivity contribution in [2.45, 2.75) is 19.9 Å². The van der Waals surface area contributed by atoms with Gasteiger partial charge in [-0.3, -0.25) is 0 Å². The monoisotopic (exact) mass is 302 g/mol. The molecule has 0 fully saturated rings. The molecule has 0 atom stereocenters. The molecule has 2 N–H and O–H groups in total. The first-order valence-corrected chi connectivity index (χ1v) is 7.33. The molecule has 0 spiro atoms. The van der Waals surface area contributed by atoms with Gasteiger partial charge in [0.25, 0.3) is 0 Å². The molecule has 3 nitrogen and oxygen atoms in total. The van der Waals surface area contributed by atoms with Gasteiger partial charge < -0.3 is 10.6 Å². The highest BCUT2D eigenvalue weighted by Crippen LogP contribution is 2.10. The Morgan fingerprint density at radius 1 is 1.10 bits per heavy atom. The molecule has 0 saturated carbocycles. The van der Waals surface area contributed by atoms with Crippen LogP contribution in [0.25, 0.3) is 0 Å². The molecule has 2 aromatic carbocycles. The van der Waals surface area contributed by atoms with E-state index in [2.05, 4.69) is 10.6 Å². The van der Waals surface area contributed by atoms with Crippen LogP contribution in [0, 0.1) is 6.92 Å². The lowest BCUT2D eigenvalue weighted by Gasteiger charge is -2.09. The van der Waals surface area contributed by atoms with Gasteiger partial charge in [0.1, 0.15) is 0 Å². The zero-order chi connectivity index (χ0) is 15.1. The number of aryl methyl sites for hydroxylation is 1. The lowest BCUT2D eigenvalue weighted by atomic mass is 10.1. The van der Waals surface area contributed by atoms with Gasteiger partial charge in [0.15, 0.2) is 0 Å². The number of hydrogen-bond donors (Lipinski definition) is 2. The molecule has 0 unspecified atom stereocenters. The Morgan fingerprint density at radius 2 is 1.90 bits per heavy atom. The molecule has 0 radical (unpaired) electrons. The van der Waals surface area contributed by atoms with Crippen molar-refractivity contribution >= 4 is 17.6 Å². The number of carbonyl (C=O) groups is 1. The van der Waals surface area contributed by atoms with Crippen molar-refractivity contribution in [1.29, 1.82) is 0 Å². The van der Waals surface area contributed by atoms with Gasteiger partial charge in [-0.2, -0.15) is 0 Å². The van der Waals surface area contributed by atoms with Crippen molar-refractivity contribution in [3.63, 3.8) is 0 Å². The molecule has 4 heteroatoms. The van der Waals surface area contributed by atoms with Gasteiger partial charge in [-0.1, -0.05) is 48.0 Å². The standard InChI is InChI=1S/C17H19ClN2O/c1-13-5-2-3-7-15(13)12-20-17(21)19-10-9-14-6-4-8-16(18)11-14/h2-8,11H,9-10,12H2,1H3,(H2,19,20,21). The minimum absolute atomic E-state index is 0.153. The molecule has 0 aliphatic carbocycles. The second kappa shape index (κ2) is 7.70. The summed E-state index contributed by atoms with van der Waals surface area (Å²) in [5, 5.41) is 6.43. The normalized spacial score (nSPS) is 10.2. The molecular weight excluding hydrogens is 284 g/mol. The molecule has 2 amide bonds. The van der Waals surface area contributed by atoms with Gasteiger partial charge in [-0.15, -0.1) is 0 Å². The van der Waals surface area contributed by atoms with E-state index in [-0.39, 0.29) is 6.03 Å². The molecule has 21 heavy (non-hydrogen) atoms. The topological polar surface area (TPSA) is 41.1 Å². The summed E-state index contributed by atoms with van der Waals surface area (Å²) < 4.78 is 0. The fourth-order valence-electron chi connectivity index (χ4n) is 2.06. The van der Waals surface area contributed by atoms with Gasteiger partial charge >= 0.3 is 6.03 Å². The molecule has 2 aromatic rings. The molecule has 0 heterocycles. The summed E-state index contributed by atoms with van der Waals surface area (Å²) in [5.74, 6) is 0. The third-order valence-corrected chi connectivity index (χ3v) is 3.52. The number of urea groups is 1. The van der Waals surface area contributed by atoms with Crippen LogP contribution in [0.3, 0.4) is 0 Å². The highest BCUT2D eigenvalue weighted by atomic mass is 35.5. The van der Waals surface area contributed by atoms with Gasteiger partial charge in [0.2, 0.25) is 0 Å². The molecule has 0 bridgehead atoms. The third-order valence-electron chi connectivity index (χ3n) is 3.29. The fourth-order valence-corrected chi connectivity index (χ4v) is 2.27. The van der Waals surface area contributed by atoms with E-state index in [4.69, 9.17) is 11.6 Å². The summed E-state index contributed by atoms with van der Waals surface area (Å²) in [5.41, 5.74) is 3.42. The van der Waals surface area contributed by atoms with E-state index in [1.54, 1.807) is 0 Å². The van der Waals surface area contributed by atoms with E-state index < -0.39 is 0 Å². The molecule has 0 saturated heterocycles. The summed E-state index contributed by atoms with van der Waals surface area (Å²) in [7, 11) is 0. The van der Waals surface area contributed by atoms with Gasteiger partial charge in [-0.05, 0) is 42.2 Å². The van der Waals surface area contributed by atoms with Crippen LogP contribution in [0.15, 0.2) is 48.5 Å². The second-order valence-corrected chi connectivity index (χ2v) is 5.35. The minimum atomic E-state index is -0.153. The number of rotatable bonds is 5. The first-order chi connectivity index (χ1) is 10.1. The van der Waals surface area contributed by atoms with Crippen LogP contribution < -0.4 is 10.6 Å². The van der Waals surface area contributed by atoms with Gasteiger partial charge in [0, 0.05) is 18.1 Å². The van der Waals surface area contributed by atoms with Crippen LogP contribution in [0.5, 0.6) is 0 Å². The number of halogens is 1. The Hall–Kier alpha value is -2.00. The summed E-state index contributed by atoms with van der Waals surface area (Å²) in [6.07, 6.45) is 0.762. The lowest BCUT2D eigenvalue weighted by Crippen LogP contribution is -2.36. The lowest BCUT2D eigenvalue weighted by molar-refractivity contribution is 0.240. The summed E-state index contributed by atoms with van der Waals surface area (Å²) in [6.45, 7) is 3.16. The largest absolute Gasteiger partial charge is 0.338 e. The van der Waals surface area contributed by atoms with Crippen LogP contribution in [0.4, 0.5) is 4.79 Å². The number of benzene rings is 2. The van der Waals surface area contributed by atoms with Crippen LogP contribution >= 0.6 is 11.6 Å². The Labute approximate surface area is 130 Å². The predicted octanol–water partition coefficient (Wildman–Crippen LogP) is 3.69. The zero-order valence-electron chi connectivity index (χ0n) is 12.0. The van der Waals surface area contributed by atoms with Crippen molar-refractivity contribution < 1.29 is 4.79 Å². The molecule has 0 aliphatic rings. The Kier molecular flexibility index (Phi) is 5.64. The average molecular weight is 303 g/mol. The Balaban J connectivity index is 1.72. The number of carbonyl (C=O) groups excluding carboxylic acids is 1. The van der Waals surface area contributed by atoms with E-state index >= 15 is 0 Å². The first kappa shape index (κ1) is 15.4. The van der Waals surface area contributed by atoms with Crippen molar-refractivity contribution in [3.05, 3.63) is 70.2 Å². The van der Waals surface area contributed by atoms with E-state index in [9.17, 15) is 4.79 Å². The van der Waals surface area contributed by atoms with E-state index in [1.165, 1.54) is 5.56 Å². The van der Waals surface area contributed by atoms with Gasteiger partial charge in [-0.25, -0.2) is 4.79 Å². The van der Waals surface area contributed by atoms with Gasteiger partial charge in [0.05, 0.1) is 0 Å². The SMILES string of the molecule is Cc1ccccc1CNC(=O)NCCc1cccc(Cl)c1. The van der Waals surface area contributed by atoms with Crippen LogP contribution in [0.2, 0.25) is 5.02 Å². The first-order valence-electron chi connectivity index (χ1n) is 6.96. The van der Waals surface area contributed by atoms with Crippen molar-refractivity contribution in [3.8, 4) is 0 Å². The smallest absolute Gasteiger partial charge is 0.315 e. The van der Waals surface area contributed by atoms with E-state index in [1.807, 2.05) is 55.5 Å². The van der Waals surface area contributed by atoms with Crippen molar-refractivity contribution in [1.82, 2.24) is 10.6 Å². The van der Waals surface area contributed by atoms with Crippen molar-refractivity contribution in [2.75, 3.05) is 6.54 Å². The van der Waals surface area contributed by atoms with Crippen molar-refractivity contribution in [2.24, 2.45) is 0 Å². The maximum Gasteiger partial charge on any atom is 0.315 e. The van der Waals surface area contributed by atoms with Crippen LogP contribution in [-0.4, -0.2) is 12.6 Å². The molecule has 0 aliphatic heterocycles. The Bertz CT molecular complexity index is 613. The minimum Gasteiger partial charge on any atom is -0.338 e. The number of amides is 2. The Morgan fingerprint density at radius 3 is 2.67 bits per heavy atom. The van der Waals surface area contributed by atoms with E-state index in [0.717, 1.165) is 22.6 Å². The average Bonchev–Trinajstić information content (AvgIpc) is 2.46. The highest BCUT2D eigenvalue weighted by molar-refractivity contribution is 6.30. The summed E-state index contributed by atoms with van der Waals surface area (Å²) >= 11 is 5.92. The maximum atomic E-state index is 11.7. The van der Waals surface area contributed by atoms with Crippen LogP contribution in [-0.2, 0) is 13.0 Å². The highest BCUT2D eigenvalue weighted by Gasteiger charge is 2.02. The third kappa shape index (κ3) is 5.12. The quantitative estimate of drug-likeness (QED) is 0.869. The zero-order valence-corrected chi connectivity index (χ0v) is 12.8. The molecule has 2 rings (SSSR count). The number of hydrogen-bond acceptors (Lipinski definition) is 1. The van der Waals surface area contributed by atoms with Crippen LogP contribution in [0.1, 0.15) is 16.7 Å². The molecule has 0 aromatic heterocycles. The summed E-state index contributed by atoms with van der Waals surface area (Å²) in [6, 6.07) is 15.5. The number of nitrogens with one attached hydrogen (secondary N) is 2. The van der Waals surface area contributed by atoms with E-state index in [0.29, 0.717) is 13.1 Å². The maximum absolute atomic E-state index is 11.7. The predicted molar refractivity (Wildman–Crippen MR) is 86.6 cm³/mol. The molecular formula is C17H19ClN2O.